The molecule has 2 heterocycles. The van der Waals surface area contributed by atoms with Gasteiger partial charge >= 0.3 is 5.63 Å². The summed E-state index contributed by atoms with van der Waals surface area (Å²) in [4.78, 5) is 30.2. The number of aryl methyl sites for hydroxylation is 1. The van der Waals surface area contributed by atoms with Crippen LogP contribution >= 0.6 is 11.8 Å². The van der Waals surface area contributed by atoms with Gasteiger partial charge in [-0.3, -0.25) is 9.36 Å². The first-order valence-corrected chi connectivity index (χ1v) is 10.8. The van der Waals surface area contributed by atoms with E-state index >= 15 is 0 Å². The Morgan fingerprint density at radius 2 is 1.68 bits per heavy atom. The third kappa shape index (κ3) is 3.66. The first kappa shape index (κ1) is 19.3. The molecular formula is C25H18N2O3S. The van der Waals surface area contributed by atoms with E-state index in [-0.39, 0.29) is 11.2 Å². The lowest BCUT2D eigenvalue weighted by Gasteiger charge is -2.13. The first-order chi connectivity index (χ1) is 15.1. The SMILES string of the molecule is Cc1ccc2c(CSc3nc4ccccc4c(=O)n3-c3ccccc3)cc(=O)oc2c1. The van der Waals surface area contributed by atoms with Crippen LogP contribution in [-0.4, -0.2) is 9.55 Å². The largest absolute Gasteiger partial charge is 0.423 e. The van der Waals surface area contributed by atoms with Crippen LogP contribution in [0.5, 0.6) is 0 Å². The zero-order chi connectivity index (χ0) is 21.4. The molecule has 152 valence electrons. The molecule has 0 N–H and O–H groups in total. The van der Waals surface area contributed by atoms with Gasteiger partial charge in [-0.15, -0.1) is 0 Å². The van der Waals surface area contributed by atoms with E-state index in [2.05, 4.69) is 0 Å². The van der Waals surface area contributed by atoms with Crippen LogP contribution in [0.25, 0.3) is 27.6 Å². The third-order valence-corrected chi connectivity index (χ3v) is 6.09. The number of thioether (sulfide) groups is 1. The summed E-state index contributed by atoms with van der Waals surface area (Å²) >= 11 is 1.42. The number of para-hydroxylation sites is 2. The smallest absolute Gasteiger partial charge is 0.336 e. The van der Waals surface area contributed by atoms with Crippen molar-refractivity contribution >= 4 is 33.6 Å². The molecule has 0 unspecified atom stereocenters. The highest BCUT2D eigenvalue weighted by atomic mass is 32.2. The maximum Gasteiger partial charge on any atom is 0.336 e. The van der Waals surface area contributed by atoms with Crippen LogP contribution in [0.15, 0.2) is 98.0 Å². The van der Waals surface area contributed by atoms with Crippen LogP contribution in [0, 0.1) is 6.92 Å². The van der Waals surface area contributed by atoms with E-state index in [0.29, 0.717) is 27.4 Å². The average Bonchev–Trinajstić information content (AvgIpc) is 2.77. The second-order valence-electron chi connectivity index (χ2n) is 7.27. The molecule has 0 radical (unpaired) electrons. The summed E-state index contributed by atoms with van der Waals surface area (Å²) in [6.07, 6.45) is 0. The third-order valence-electron chi connectivity index (χ3n) is 5.10. The predicted octanol–water partition coefficient (Wildman–Crippen LogP) is 5.09. The molecule has 0 fully saturated rings. The number of fused-ring (bicyclic) bond motifs is 2. The Hall–Kier alpha value is -3.64. The topological polar surface area (TPSA) is 65.1 Å². The molecule has 0 aliphatic rings. The van der Waals surface area contributed by atoms with Crippen molar-refractivity contribution in [2.24, 2.45) is 0 Å². The van der Waals surface area contributed by atoms with Gasteiger partial charge in [-0.05, 0) is 48.4 Å². The number of benzene rings is 3. The molecule has 31 heavy (non-hydrogen) atoms. The molecule has 0 saturated heterocycles. The molecule has 0 saturated carbocycles. The summed E-state index contributed by atoms with van der Waals surface area (Å²) < 4.78 is 7.00. The van der Waals surface area contributed by atoms with E-state index in [1.165, 1.54) is 17.8 Å². The number of rotatable bonds is 4. The number of hydrogen-bond donors (Lipinski definition) is 0. The van der Waals surface area contributed by atoms with Crippen LogP contribution in [-0.2, 0) is 5.75 Å². The lowest BCUT2D eigenvalue weighted by molar-refractivity contribution is 0.559. The molecule has 0 spiro atoms. The Labute approximate surface area is 182 Å². The molecule has 5 aromatic rings. The number of aromatic nitrogens is 2. The van der Waals surface area contributed by atoms with Crippen molar-refractivity contribution in [3.8, 4) is 5.69 Å². The fourth-order valence-electron chi connectivity index (χ4n) is 3.61. The number of hydrogen-bond acceptors (Lipinski definition) is 5. The lowest BCUT2D eigenvalue weighted by Crippen LogP contribution is -2.21. The Morgan fingerprint density at radius 1 is 0.903 bits per heavy atom. The summed E-state index contributed by atoms with van der Waals surface area (Å²) in [5.74, 6) is 0.475. The van der Waals surface area contributed by atoms with Crippen LogP contribution in [0.4, 0.5) is 0 Å². The Balaban J connectivity index is 1.64. The molecule has 0 aliphatic heterocycles. The van der Waals surface area contributed by atoms with Gasteiger partial charge in [-0.1, -0.05) is 54.2 Å². The van der Waals surface area contributed by atoms with Crippen LogP contribution in [0.2, 0.25) is 0 Å². The molecule has 5 rings (SSSR count). The maximum atomic E-state index is 13.3. The van der Waals surface area contributed by atoms with Gasteiger partial charge in [0.05, 0.1) is 16.6 Å². The second-order valence-corrected chi connectivity index (χ2v) is 8.21. The molecular weight excluding hydrogens is 408 g/mol. The van der Waals surface area contributed by atoms with E-state index < -0.39 is 0 Å². The summed E-state index contributed by atoms with van der Waals surface area (Å²) in [6, 6.07) is 24.1. The Morgan fingerprint density at radius 3 is 2.52 bits per heavy atom. The van der Waals surface area contributed by atoms with Gasteiger partial charge in [0.15, 0.2) is 5.16 Å². The minimum atomic E-state index is -0.388. The molecule has 0 amide bonds. The maximum absolute atomic E-state index is 13.3. The van der Waals surface area contributed by atoms with Crippen molar-refractivity contribution in [1.82, 2.24) is 9.55 Å². The lowest BCUT2D eigenvalue weighted by atomic mass is 10.1. The fourth-order valence-corrected chi connectivity index (χ4v) is 4.62. The zero-order valence-electron chi connectivity index (χ0n) is 16.7. The highest BCUT2D eigenvalue weighted by Crippen LogP contribution is 2.28. The minimum absolute atomic E-state index is 0.118. The minimum Gasteiger partial charge on any atom is -0.423 e. The normalized spacial score (nSPS) is 11.3. The van der Waals surface area contributed by atoms with Gasteiger partial charge in [-0.25, -0.2) is 9.78 Å². The van der Waals surface area contributed by atoms with E-state index in [1.54, 1.807) is 10.6 Å². The monoisotopic (exact) mass is 426 g/mol. The molecule has 5 nitrogen and oxygen atoms in total. The van der Waals surface area contributed by atoms with Gasteiger partial charge < -0.3 is 4.42 Å². The molecule has 0 atom stereocenters. The van der Waals surface area contributed by atoms with Gasteiger partial charge in [-0.2, -0.15) is 0 Å². The highest BCUT2D eigenvalue weighted by molar-refractivity contribution is 7.98. The van der Waals surface area contributed by atoms with Crippen molar-refractivity contribution in [3.05, 3.63) is 111 Å². The molecule has 0 aliphatic carbocycles. The second kappa shape index (κ2) is 7.89. The van der Waals surface area contributed by atoms with Gasteiger partial charge in [0.25, 0.3) is 5.56 Å². The van der Waals surface area contributed by atoms with Gasteiger partial charge in [0, 0.05) is 17.2 Å². The molecule has 3 aromatic carbocycles. The van der Waals surface area contributed by atoms with Crippen molar-refractivity contribution in [3.63, 3.8) is 0 Å². The van der Waals surface area contributed by atoms with E-state index in [1.807, 2.05) is 73.7 Å². The van der Waals surface area contributed by atoms with E-state index in [4.69, 9.17) is 9.40 Å². The van der Waals surface area contributed by atoms with E-state index in [9.17, 15) is 9.59 Å². The summed E-state index contributed by atoms with van der Waals surface area (Å²) in [6.45, 7) is 1.96. The van der Waals surface area contributed by atoms with E-state index in [0.717, 1.165) is 22.2 Å². The fraction of sp³-hybridized carbons (Fsp3) is 0.0800. The zero-order valence-corrected chi connectivity index (χ0v) is 17.6. The Kier molecular flexibility index (Phi) is 4.92. The van der Waals surface area contributed by atoms with Gasteiger partial charge in [0.1, 0.15) is 5.58 Å². The van der Waals surface area contributed by atoms with Gasteiger partial charge in [0.2, 0.25) is 0 Å². The van der Waals surface area contributed by atoms with Crippen LogP contribution in [0.1, 0.15) is 11.1 Å². The van der Waals surface area contributed by atoms with Crippen LogP contribution in [0.3, 0.4) is 0 Å². The number of nitrogens with zero attached hydrogens (tertiary/aromatic N) is 2. The highest BCUT2D eigenvalue weighted by Gasteiger charge is 2.14. The average molecular weight is 426 g/mol. The quantitative estimate of drug-likeness (QED) is 0.227. The Bertz CT molecular complexity index is 1540. The first-order valence-electron chi connectivity index (χ1n) is 9.83. The van der Waals surface area contributed by atoms with Crippen molar-refractivity contribution in [2.45, 2.75) is 17.8 Å². The molecule has 2 aromatic heterocycles. The summed E-state index contributed by atoms with van der Waals surface area (Å²) in [7, 11) is 0. The van der Waals surface area contributed by atoms with Crippen molar-refractivity contribution in [1.29, 1.82) is 0 Å². The molecule has 6 heteroatoms. The summed E-state index contributed by atoms with van der Waals surface area (Å²) in [5, 5.41) is 2.02. The van der Waals surface area contributed by atoms with Crippen LogP contribution < -0.4 is 11.2 Å². The van der Waals surface area contributed by atoms with Crippen molar-refractivity contribution in [2.75, 3.05) is 0 Å². The summed E-state index contributed by atoms with van der Waals surface area (Å²) in [5.41, 5.74) is 3.33. The predicted molar refractivity (Wildman–Crippen MR) is 124 cm³/mol. The standard InChI is InChI=1S/C25H18N2O3S/c1-16-11-12-19-17(14-23(28)30-22(19)13-16)15-31-25-26-21-10-6-5-9-20(21)24(29)27(25)18-7-3-2-4-8-18/h2-14H,15H2,1H3. The molecule has 0 bridgehead atoms. The van der Waals surface area contributed by atoms with Crippen molar-refractivity contribution < 1.29 is 4.42 Å².